The van der Waals surface area contributed by atoms with Crippen molar-refractivity contribution in [1.82, 2.24) is 4.98 Å². The fraction of sp³-hybridized carbons (Fsp3) is 0.111. The third-order valence-electron chi connectivity index (χ3n) is 3.30. The molecule has 0 saturated carbocycles. The highest BCUT2D eigenvalue weighted by atomic mass is 32.1. The van der Waals surface area contributed by atoms with E-state index in [1.807, 2.05) is 35.7 Å². The van der Waals surface area contributed by atoms with Gasteiger partial charge in [0.1, 0.15) is 0 Å². The summed E-state index contributed by atoms with van der Waals surface area (Å²) in [5.74, 6) is 0. The molecule has 0 aliphatic carbocycles. The molecule has 0 spiro atoms. The smallest absolute Gasteiger partial charge is 0.253 e. The van der Waals surface area contributed by atoms with Crippen LogP contribution >= 0.6 is 11.3 Å². The number of aromatic nitrogens is 1. The molecular formula is C18H14F3N3S. The molecule has 3 rings (SSSR count). The molecule has 0 bridgehead atoms. The fourth-order valence-electron chi connectivity index (χ4n) is 2.24. The van der Waals surface area contributed by atoms with Gasteiger partial charge in [-0.3, -0.25) is 5.43 Å². The summed E-state index contributed by atoms with van der Waals surface area (Å²) in [6.45, 7) is 0. The second kappa shape index (κ2) is 7.48. The topological polar surface area (TPSA) is 37.3 Å². The number of nitrogens with one attached hydrogen (secondary N) is 1. The van der Waals surface area contributed by atoms with E-state index in [0.29, 0.717) is 10.7 Å². The molecule has 0 saturated heterocycles. The molecule has 7 heteroatoms. The Kier molecular flexibility index (Phi) is 5.14. The molecule has 0 unspecified atom stereocenters. The zero-order chi connectivity index (χ0) is 17.7. The van der Waals surface area contributed by atoms with Crippen molar-refractivity contribution in [2.45, 2.75) is 12.6 Å². The van der Waals surface area contributed by atoms with Crippen LogP contribution < -0.4 is 5.43 Å². The molecule has 3 aromatic rings. The van der Waals surface area contributed by atoms with E-state index in [-0.39, 0.29) is 5.56 Å². The summed E-state index contributed by atoms with van der Waals surface area (Å²) in [5, 5.41) is 6.57. The Hall–Kier alpha value is -2.67. The number of thiazole rings is 1. The van der Waals surface area contributed by atoms with Crippen LogP contribution in [0.5, 0.6) is 0 Å². The summed E-state index contributed by atoms with van der Waals surface area (Å²) in [6, 6.07) is 15.9. The van der Waals surface area contributed by atoms with E-state index in [2.05, 4.69) is 15.5 Å². The Bertz CT molecular complexity index is 857. The van der Waals surface area contributed by atoms with Crippen molar-refractivity contribution in [1.29, 1.82) is 0 Å². The molecule has 2 aromatic carbocycles. The van der Waals surface area contributed by atoms with Crippen LogP contribution in [0.3, 0.4) is 0 Å². The van der Waals surface area contributed by atoms with Crippen LogP contribution in [0.2, 0.25) is 0 Å². The van der Waals surface area contributed by atoms with E-state index in [4.69, 9.17) is 0 Å². The predicted molar refractivity (Wildman–Crippen MR) is 95.0 cm³/mol. The van der Waals surface area contributed by atoms with Crippen molar-refractivity contribution in [3.8, 4) is 11.3 Å². The Balaban J connectivity index is 1.64. The van der Waals surface area contributed by atoms with Gasteiger partial charge >= 0.3 is 6.18 Å². The van der Waals surface area contributed by atoms with E-state index in [1.165, 1.54) is 29.7 Å². The minimum atomic E-state index is -4.22. The molecule has 1 N–H and O–H groups in total. The van der Waals surface area contributed by atoms with Gasteiger partial charge in [-0.05, 0) is 17.2 Å². The highest BCUT2D eigenvalue weighted by molar-refractivity contribution is 7.14. The zero-order valence-electron chi connectivity index (χ0n) is 13.0. The highest BCUT2D eigenvalue weighted by Gasteiger charge is 2.27. The van der Waals surface area contributed by atoms with E-state index in [1.54, 1.807) is 12.1 Å². The summed E-state index contributed by atoms with van der Waals surface area (Å²) >= 11 is 1.41. The predicted octanol–water partition coefficient (Wildman–Crippen LogP) is 5.36. The first-order valence-corrected chi connectivity index (χ1v) is 8.33. The number of hydrogen-bond donors (Lipinski definition) is 1. The van der Waals surface area contributed by atoms with Crippen LogP contribution in [0.4, 0.5) is 18.3 Å². The van der Waals surface area contributed by atoms with Gasteiger partial charge in [0.2, 0.25) is 5.13 Å². The molecule has 0 fully saturated rings. The maximum absolute atomic E-state index is 12.4. The lowest BCUT2D eigenvalue weighted by molar-refractivity contribution is -0.127. The van der Waals surface area contributed by atoms with Crippen LogP contribution in [0.1, 0.15) is 11.1 Å². The first kappa shape index (κ1) is 17.2. The third-order valence-corrected chi connectivity index (χ3v) is 4.05. The van der Waals surface area contributed by atoms with E-state index < -0.39 is 12.6 Å². The largest absolute Gasteiger partial charge is 0.393 e. The van der Waals surface area contributed by atoms with Crippen molar-refractivity contribution in [2.75, 3.05) is 5.43 Å². The minimum absolute atomic E-state index is 0.206. The van der Waals surface area contributed by atoms with Crippen LogP contribution in [0.15, 0.2) is 65.1 Å². The van der Waals surface area contributed by atoms with Gasteiger partial charge in [0, 0.05) is 10.9 Å². The Morgan fingerprint density at radius 3 is 2.64 bits per heavy atom. The van der Waals surface area contributed by atoms with Crippen molar-refractivity contribution < 1.29 is 13.2 Å². The van der Waals surface area contributed by atoms with Gasteiger partial charge in [-0.1, -0.05) is 48.5 Å². The first-order chi connectivity index (χ1) is 12.0. The average Bonchev–Trinajstić information content (AvgIpc) is 3.03. The normalized spacial score (nSPS) is 11.8. The van der Waals surface area contributed by atoms with Crippen molar-refractivity contribution in [2.24, 2.45) is 5.10 Å². The minimum Gasteiger partial charge on any atom is -0.253 e. The number of rotatable bonds is 5. The van der Waals surface area contributed by atoms with E-state index in [0.717, 1.165) is 11.3 Å². The van der Waals surface area contributed by atoms with Crippen LogP contribution in [-0.4, -0.2) is 17.4 Å². The SMILES string of the molecule is FC(F)(F)Cc1cccc(C=NNc2nc(-c3ccccc3)cs2)c1. The number of halogens is 3. The van der Waals surface area contributed by atoms with E-state index in [9.17, 15) is 13.2 Å². The van der Waals surface area contributed by atoms with Crippen LogP contribution in [-0.2, 0) is 6.42 Å². The monoisotopic (exact) mass is 361 g/mol. The summed E-state index contributed by atoms with van der Waals surface area (Å²) in [6.07, 6.45) is -3.69. The molecule has 1 aromatic heterocycles. The number of nitrogens with zero attached hydrogens (tertiary/aromatic N) is 2. The van der Waals surface area contributed by atoms with Crippen molar-refractivity contribution in [3.05, 3.63) is 71.1 Å². The van der Waals surface area contributed by atoms with Gasteiger partial charge in [-0.2, -0.15) is 18.3 Å². The van der Waals surface area contributed by atoms with Gasteiger partial charge < -0.3 is 0 Å². The third kappa shape index (κ3) is 5.15. The molecule has 25 heavy (non-hydrogen) atoms. The number of alkyl halides is 3. The van der Waals surface area contributed by atoms with Crippen molar-refractivity contribution in [3.63, 3.8) is 0 Å². The summed E-state index contributed by atoms with van der Waals surface area (Å²) in [4.78, 5) is 4.42. The second-order valence-corrected chi connectivity index (χ2v) is 6.17. The van der Waals surface area contributed by atoms with Gasteiger partial charge in [-0.25, -0.2) is 4.98 Å². The molecule has 1 heterocycles. The molecule has 0 atom stereocenters. The lowest BCUT2D eigenvalue weighted by Crippen LogP contribution is -2.11. The van der Waals surface area contributed by atoms with Gasteiger partial charge in [0.15, 0.2) is 0 Å². The molecule has 0 amide bonds. The van der Waals surface area contributed by atoms with Gasteiger partial charge in [-0.15, -0.1) is 11.3 Å². The second-order valence-electron chi connectivity index (χ2n) is 5.31. The number of benzene rings is 2. The number of hydrazone groups is 1. The molecule has 0 aliphatic heterocycles. The summed E-state index contributed by atoms with van der Waals surface area (Å²) in [5.41, 5.74) is 5.46. The van der Waals surface area contributed by atoms with E-state index >= 15 is 0 Å². The average molecular weight is 361 g/mol. The zero-order valence-corrected chi connectivity index (χ0v) is 13.8. The quantitative estimate of drug-likeness (QED) is 0.491. The number of anilines is 1. The Morgan fingerprint density at radius 2 is 1.88 bits per heavy atom. The van der Waals surface area contributed by atoms with Crippen LogP contribution in [0.25, 0.3) is 11.3 Å². The Labute approximate surface area is 146 Å². The molecule has 3 nitrogen and oxygen atoms in total. The molecule has 0 aliphatic rings. The summed E-state index contributed by atoms with van der Waals surface area (Å²) < 4.78 is 37.3. The lowest BCUT2D eigenvalue weighted by atomic mass is 10.1. The highest BCUT2D eigenvalue weighted by Crippen LogP contribution is 2.24. The van der Waals surface area contributed by atoms with Gasteiger partial charge in [0.25, 0.3) is 0 Å². The molecular weight excluding hydrogens is 347 g/mol. The summed E-state index contributed by atoms with van der Waals surface area (Å²) in [7, 11) is 0. The Morgan fingerprint density at radius 1 is 1.08 bits per heavy atom. The first-order valence-electron chi connectivity index (χ1n) is 7.45. The number of hydrogen-bond acceptors (Lipinski definition) is 4. The van der Waals surface area contributed by atoms with Gasteiger partial charge in [0.05, 0.1) is 18.3 Å². The van der Waals surface area contributed by atoms with Crippen molar-refractivity contribution >= 4 is 22.7 Å². The maximum atomic E-state index is 12.4. The maximum Gasteiger partial charge on any atom is 0.393 e. The molecule has 0 radical (unpaired) electrons. The molecule has 128 valence electrons. The standard InChI is InChI=1S/C18H14F3N3S/c19-18(20,21)10-13-5-4-6-14(9-13)11-22-24-17-23-16(12-25-17)15-7-2-1-3-8-15/h1-9,11-12H,10H2,(H,23,24). The lowest BCUT2D eigenvalue weighted by Gasteiger charge is -2.06. The fourth-order valence-corrected chi connectivity index (χ4v) is 2.91. The van der Waals surface area contributed by atoms with Crippen LogP contribution in [0, 0.1) is 0 Å².